The third-order valence-electron chi connectivity index (χ3n) is 7.17. The molecule has 3 aromatic carbocycles. The highest BCUT2D eigenvalue weighted by Crippen LogP contribution is 2.27. The largest absolute Gasteiger partial charge is 0.458 e. The molecule has 48 heavy (non-hydrogen) atoms. The van der Waals surface area contributed by atoms with Crippen LogP contribution in [0.1, 0.15) is 75.4 Å². The van der Waals surface area contributed by atoms with Gasteiger partial charge in [0.1, 0.15) is 29.3 Å². The fourth-order valence-corrected chi connectivity index (χ4v) is 5.13. The van der Waals surface area contributed by atoms with Crippen LogP contribution in [0, 0.1) is 26.3 Å². The Balaban J connectivity index is 2.08. The van der Waals surface area contributed by atoms with Gasteiger partial charge in [0.15, 0.2) is 0 Å². The Morgan fingerprint density at radius 1 is 0.750 bits per heavy atom. The van der Waals surface area contributed by atoms with Crippen molar-refractivity contribution in [2.45, 2.75) is 97.6 Å². The fraction of sp³-hybridized carbons (Fsp3) is 0.385. The topological polar surface area (TPSA) is 114 Å². The minimum atomic E-state index is -1.36. The maximum absolute atomic E-state index is 14.4. The third kappa shape index (κ3) is 11.3. The number of carbonyl (C=O) groups is 4. The average molecular weight is 654 g/mol. The van der Waals surface area contributed by atoms with E-state index < -0.39 is 53.2 Å². The summed E-state index contributed by atoms with van der Waals surface area (Å²) in [5.74, 6) is -2.02. The predicted molar refractivity (Wildman–Crippen MR) is 186 cm³/mol. The molecule has 3 aromatic rings. The summed E-state index contributed by atoms with van der Waals surface area (Å²) >= 11 is 0. The number of alkyl carbamates (subject to hydrolysis) is 1. The lowest BCUT2D eigenvalue weighted by Gasteiger charge is -2.32. The Bertz CT molecular complexity index is 1620. The number of rotatable bonds is 11. The Morgan fingerprint density at radius 3 is 1.75 bits per heavy atom. The zero-order valence-electron chi connectivity index (χ0n) is 29.1. The molecule has 0 spiro atoms. The molecule has 3 unspecified atom stereocenters. The molecule has 0 fully saturated rings. The molecule has 0 saturated carbocycles. The highest BCUT2D eigenvalue weighted by atomic mass is 16.6. The minimum Gasteiger partial charge on any atom is -0.458 e. The molecule has 0 heterocycles. The quantitative estimate of drug-likeness (QED) is 0.150. The van der Waals surface area contributed by atoms with E-state index in [2.05, 4.69) is 16.7 Å². The van der Waals surface area contributed by atoms with Crippen LogP contribution >= 0.6 is 0 Å². The average Bonchev–Trinajstić information content (AvgIpc) is 2.98. The summed E-state index contributed by atoms with van der Waals surface area (Å²) in [5, 5.41) is 5.51. The number of nitrogens with one attached hydrogen (secondary N) is 2. The van der Waals surface area contributed by atoms with E-state index in [1.54, 1.807) is 47.6 Å². The highest BCUT2D eigenvalue weighted by Gasteiger charge is 2.38. The molecular formula is C39H47N3O6. The Hall–Kier alpha value is -5.10. The van der Waals surface area contributed by atoms with E-state index in [0.29, 0.717) is 11.1 Å². The summed E-state index contributed by atoms with van der Waals surface area (Å²) in [5.41, 5.74) is 2.02. The van der Waals surface area contributed by atoms with E-state index in [-0.39, 0.29) is 12.8 Å². The van der Waals surface area contributed by atoms with Crippen LogP contribution in [-0.2, 0) is 36.7 Å². The lowest BCUT2D eigenvalue weighted by atomic mass is 9.95. The minimum absolute atomic E-state index is 0.0762. The lowest BCUT2D eigenvalue weighted by molar-refractivity contribution is -0.159. The lowest BCUT2D eigenvalue weighted by Crippen LogP contribution is -2.54. The van der Waals surface area contributed by atoms with Gasteiger partial charge in [-0.05, 0) is 77.6 Å². The molecule has 0 aliphatic heterocycles. The van der Waals surface area contributed by atoms with Gasteiger partial charge in [0.2, 0.25) is 5.91 Å². The van der Waals surface area contributed by atoms with Crippen LogP contribution in [0.4, 0.5) is 4.79 Å². The summed E-state index contributed by atoms with van der Waals surface area (Å²) in [4.78, 5) is 56.3. The number of hydrogen-bond donors (Lipinski definition) is 2. The van der Waals surface area contributed by atoms with Gasteiger partial charge in [-0.25, -0.2) is 9.59 Å². The van der Waals surface area contributed by atoms with Crippen molar-refractivity contribution in [2.24, 2.45) is 0 Å². The van der Waals surface area contributed by atoms with E-state index in [1.807, 2.05) is 86.6 Å². The van der Waals surface area contributed by atoms with Crippen LogP contribution in [0.25, 0.3) is 0 Å². The van der Waals surface area contributed by atoms with Crippen LogP contribution in [0.2, 0.25) is 0 Å². The number of aryl methyl sites for hydroxylation is 2. The Kier molecular flexibility index (Phi) is 12.6. The van der Waals surface area contributed by atoms with Crippen LogP contribution in [-0.4, -0.2) is 52.1 Å². The molecule has 0 saturated heterocycles. The molecule has 0 aliphatic carbocycles. The van der Waals surface area contributed by atoms with Crippen LogP contribution in [0.15, 0.2) is 78.9 Å². The first kappa shape index (κ1) is 37.4. The highest BCUT2D eigenvalue weighted by molar-refractivity contribution is 5.95. The van der Waals surface area contributed by atoms with Gasteiger partial charge in [0, 0.05) is 18.9 Å². The fourth-order valence-electron chi connectivity index (χ4n) is 5.13. The summed E-state index contributed by atoms with van der Waals surface area (Å²) in [6, 6.07) is 22.5. The summed E-state index contributed by atoms with van der Waals surface area (Å²) < 4.78 is 11.2. The van der Waals surface area contributed by atoms with Gasteiger partial charge < -0.3 is 20.1 Å². The zero-order valence-corrected chi connectivity index (χ0v) is 29.1. The molecular weight excluding hydrogens is 606 g/mol. The SMILES string of the molecule is C#CN(C(=O)C(Cc1ccccc1)NC(=O)OC(C)(C)C)C(C(=O)NC(Cc1ccccc1)C(=O)OC(C)(C)C)c1ccc(C)cc1C. The first-order valence-corrected chi connectivity index (χ1v) is 15.9. The second-order valence-electron chi connectivity index (χ2n) is 13.8. The second kappa shape index (κ2) is 16.1. The molecule has 0 aromatic heterocycles. The van der Waals surface area contributed by atoms with Crippen molar-refractivity contribution in [2.75, 3.05) is 0 Å². The standard InChI is InChI=1S/C39H47N3O6/c1-10-42(35(44)31(24-28-17-13-11-14-18-28)41-37(46)48-39(7,8)9)33(30-22-21-26(2)23-27(30)3)34(43)40-32(36(45)47-38(4,5)6)25-29-19-15-12-16-20-29/h1,11-23,31-33H,24-25H2,2-9H3,(H,40,43)(H,41,46). The van der Waals surface area contributed by atoms with Crippen molar-refractivity contribution in [3.8, 4) is 12.5 Å². The van der Waals surface area contributed by atoms with Crippen LogP contribution in [0.5, 0.6) is 0 Å². The summed E-state index contributed by atoms with van der Waals surface area (Å²) in [6.07, 6.45) is 5.44. The van der Waals surface area contributed by atoms with Crippen molar-refractivity contribution in [1.29, 1.82) is 0 Å². The first-order chi connectivity index (χ1) is 22.5. The van der Waals surface area contributed by atoms with Crippen molar-refractivity contribution in [1.82, 2.24) is 15.5 Å². The van der Waals surface area contributed by atoms with Gasteiger partial charge in [-0.2, -0.15) is 0 Å². The summed E-state index contributed by atoms with van der Waals surface area (Å²) in [6.45, 7) is 14.1. The molecule has 3 atom stereocenters. The van der Waals surface area contributed by atoms with Crippen LogP contribution in [0.3, 0.4) is 0 Å². The van der Waals surface area contributed by atoms with E-state index >= 15 is 0 Å². The first-order valence-electron chi connectivity index (χ1n) is 15.9. The van der Waals surface area contributed by atoms with Crippen molar-refractivity contribution in [3.05, 3.63) is 107 Å². The number of hydrogen-bond acceptors (Lipinski definition) is 6. The smallest absolute Gasteiger partial charge is 0.408 e. The number of carbonyl (C=O) groups excluding carboxylic acids is 4. The number of nitrogens with zero attached hydrogens (tertiary/aromatic N) is 1. The number of ether oxygens (including phenoxy) is 2. The zero-order chi connectivity index (χ0) is 35.6. The molecule has 3 amide bonds. The van der Waals surface area contributed by atoms with E-state index in [1.165, 1.54) is 0 Å². The van der Waals surface area contributed by atoms with Gasteiger partial charge in [-0.3, -0.25) is 14.5 Å². The third-order valence-corrected chi connectivity index (χ3v) is 7.17. The van der Waals surface area contributed by atoms with Gasteiger partial charge in [-0.1, -0.05) is 90.8 Å². The van der Waals surface area contributed by atoms with Gasteiger partial charge in [0.25, 0.3) is 5.91 Å². The van der Waals surface area contributed by atoms with Gasteiger partial charge in [-0.15, -0.1) is 0 Å². The van der Waals surface area contributed by atoms with Crippen molar-refractivity contribution < 1.29 is 28.7 Å². The molecule has 0 radical (unpaired) electrons. The monoisotopic (exact) mass is 653 g/mol. The molecule has 0 aliphatic rings. The molecule has 9 heteroatoms. The number of amides is 3. The number of esters is 1. The Labute approximate surface area is 284 Å². The van der Waals surface area contributed by atoms with Crippen LogP contribution < -0.4 is 10.6 Å². The van der Waals surface area contributed by atoms with E-state index in [4.69, 9.17) is 15.9 Å². The Morgan fingerprint density at radius 2 is 1.27 bits per heavy atom. The van der Waals surface area contributed by atoms with Gasteiger partial charge in [0.05, 0.1) is 0 Å². The molecule has 254 valence electrons. The van der Waals surface area contributed by atoms with Crippen molar-refractivity contribution in [3.63, 3.8) is 0 Å². The van der Waals surface area contributed by atoms with E-state index in [0.717, 1.165) is 21.6 Å². The second-order valence-corrected chi connectivity index (χ2v) is 13.8. The molecule has 9 nitrogen and oxygen atoms in total. The maximum Gasteiger partial charge on any atom is 0.408 e. The summed E-state index contributed by atoms with van der Waals surface area (Å²) in [7, 11) is 0. The predicted octanol–water partition coefficient (Wildman–Crippen LogP) is 5.97. The maximum atomic E-state index is 14.4. The molecule has 2 N–H and O–H groups in total. The number of benzene rings is 3. The van der Waals surface area contributed by atoms with Gasteiger partial charge >= 0.3 is 12.1 Å². The normalized spacial score (nSPS) is 13.2. The molecule has 3 rings (SSSR count). The van der Waals surface area contributed by atoms with E-state index in [9.17, 15) is 19.2 Å². The molecule has 0 bridgehead atoms. The number of terminal acetylenes is 1. The van der Waals surface area contributed by atoms with Crippen molar-refractivity contribution >= 4 is 23.9 Å².